The highest BCUT2D eigenvalue weighted by molar-refractivity contribution is 7.32. The number of carbonyl (C=O) groups excluding carboxylic acids is 2. The molecule has 0 bridgehead atoms. The molecule has 0 fully saturated rings. The maximum absolute atomic E-state index is 14.3. The summed E-state index contributed by atoms with van der Waals surface area (Å²) in [5, 5.41) is 0. The van der Waals surface area contributed by atoms with Crippen LogP contribution in [0.3, 0.4) is 0 Å². The zero-order chi connectivity index (χ0) is 40.6. The second-order valence-corrected chi connectivity index (χ2v) is 23.6. The zero-order valence-electron chi connectivity index (χ0n) is 35.7. The van der Waals surface area contributed by atoms with E-state index >= 15 is 0 Å². The first kappa shape index (κ1) is 42.6. The second kappa shape index (κ2) is 17.6. The number of rotatable bonds is 18. The van der Waals surface area contributed by atoms with Crippen molar-refractivity contribution in [1.82, 2.24) is 9.47 Å². The molecule has 4 nitrogen and oxygen atoms in total. The highest BCUT2D eigenvalue weighted by Crippen LogP contribution is 2.52. The average molecular weight is 859 g/mol. The molecule has 0 spiro atoms. The van der Waals surface area contributed by atoms with Crippen molar-refractivity contribution < 1.29 is 9.59 Å². The average Bonchev–Trinajstić information content (AvgIpc) is 4.00. The van der Waals surface area contributed by atoms with Gasteiger partial charge in [0.25, 0.3) is 11.8 Å². The molecule has 6 aromatic heterocycles. The number of hydrogen-bond donors (Lipinski definition) is 0. The summed E-state index contributed by atoms with van der Waals surface area (Å²) in [4.78, 5) is 39.3. The Hall–Kier alpha value is -2.56. The van der Waals surface area contributed by atoms with Crippen LogP contribution in [0.2, 0.25) is 0 Å². The van der Waals surface area contributed by atoms with Crippen molar-refractivity contribution in [1.29, 1.82) is 0 Å². The van der Waals surface area contributed by atoms with Gasteiger partial charge in [-0.2, -0.15) is 0 Å². The van der Waals surface area contributed by atoms with E-state index in [2.05, 4.69) is 103 Å². The Morgan fingerprint density at radius 1 is 0.544 bits per heavy atom. The number of amides is 2. The van der Waals surface area contributed by atoms with Gasteiger partial charge in [0.1, 0.15) is 0 Å². The van der Waals surface area contributed by atoms with E-state index in [1.54, 1.807) is 38.9 Å². The number of imide groups is 1. The lowest BCUT2D eigenvalue weighted by molar-refractivity contribution is 0.0652. The molecule has 7 rings (SSSR count). The predicted octanol–water partition coefficient (Wildman–Crippen LogP) is 17.0. The monoisotopic (exact) mass is 858 g/mol. The summed E-state index contributed by atoms with van der Waals surface area (Å²) in [6.45, 7) is 21.1. The number of carbonyl (C=O) groups is 2. The lowest BCUT2D eigenvalue weighted by Crippen LogP contribution is -2.31. The quantitative estimate of drug-likeness (QED) is 0.0638. The standard InChI is InChI=1S/C48H62N2O2S5/c1-10-12-14-16-18-20-22-30(3)50-31-28-36(55-41(31)42-32(50)29-38(56-42)48(7,8)9)33-23-24-34(53-33)43-39-40(44(57-43)35-25-26-37(54-35)47(4,5)6)46(52)49(45(39)51)27-21-19-17-15-13-11-2/h23-26,28-30H,10-22,27H2,1-9H3. The van der Waals surface area contributed by atoms with E-state index in [1.807, 2.05) is 22.7 Å². The summed E-state index contributed by atoms with van der Waals surface area (Å²) in [6, 6.07) is 14.1. The predicted molar refractivity (Wildman–Crippen MR) is 254 cm³/mol. The molecule has 0 saturated carbocycles. The van der Waals surface area contributed by atoms with Crippen LogP contribution in [0.5, 0.6) is 0 Å². The molecule has 7 heterocycles. The maximum atomic E-state index is 14.3. The van der Waals surface area contributed by atoms with Gasteiger partial charge < -0.3 is 4.57 Å². The number of aromatic nitrogens is 1. The summed E-state index contributed by atoms with van der Waals surface area (Å²) >= 11 is 9.04. The number of fused-ring (bicyclic) bond motifs is 4. The third-order valence-corrected chi connectivity index (χ3v) is 18.7. The summed E-state index contributed by atoms with van der Waals surface area (Å²) in [7, 11) is 0. The van der Waals surface area contributed by atoms with E-state index in [-0.39, 0.29) is 22.6 Å². The summed E-state index contributed by atoms with van der Waals surface area (Å²) in [5.41, 5.74) is 4.09. The lowest BCUT2D eigenvalue weighted by Gasteiger charge is -2.17. The molecule has 306 valence electrons. The molecule has 9 heteroatoms. The van der Waals surface area contributed by atoms with Crippen molar-refractivity contribution in [3.05, 3.63) is 57.3 Å². The topological polar surface area (TPSA) is 42.3 Å². The Bertz CT molecular complexity index is 2340. The molecule has 0 saturated heterocycles. The minimum atomic E-state index is -0.117. The fraction of sp³-hybridized carbons (Fsp3) is 0.542. The van der Waals surface area contributed by atoms with E-state index in [9.17, 15) is 9.59 Å². The highest BCUT2D eigenvalue weighted by Gasteiger charge is 2.42. The highest BCUT2D eigenvalue weighted by atomic mass is 32.1. The van der Waals surface area contributed by atoms with E-state index in [0.717, 1.165) is 38.8 Å². The molecule has 2 amide bonds. The first-order valence-electron chi connectivity index (χ1n) is 21.5. The van der Waals surface area contributed by atoms with Crippen LogP contribution in [0.25, 0.3) is 49.7 Å². The Morgan fingerprint density at radius 2 is 1.07 bits per heavy atom. The van der Waals surface area contributed by atoms with Gasteiger partial charge in [0.15, 0.2) is 0 Å². The van der Waals surface area contributed by atoms with Crippen molar-refractivity contribution in [2.24, 2.45) is 0 Å². The molecular weight excluding hydrogens is 797 g/mol. The van der Waals surface area contributed by atoms with E-state index < -0.39 is 0 Å². The molecular formula is C48H62N2O2S5. The molecule has 0 aromatic carbocycles. The fourth-order valence-corrected chi connectivity index (χ4v) is 14.3. The number of nitrogens with zero attached hydrogens (tertiary/aromatic N) is 2. The van der Waals surface area contributed by atoms with Gasteiger partial charge in [-0.25, -0.2) is 0 Å². The second-order valence-electron chi connectivity index (χ2n) is 18.3. The minimum absolute atomic E-state index is 0.0132. The van der Waals surface area contributed by atoms with Gasteiger partial charge in [0.05, 0.1) is 41.3 Å². The first-order valence-corrected chi connectivity index (χ1v) is 25.6. The van der Waals surface area contributed by atoms with Gasteiger partial charge in [0.2, 0.25) is 0 Å². The molecule has 1 atom stereocenters. The molecule has 0 radical (unpaired) electrons. The first-order chi connectivity index (χ1) is 27.2. The molecule has 1 aliphatic heterocycles. The van der Waals surface area contributed by atoms with Crippen LogP contribution in [0, 0.1) is 0 Å². The van der Waals surface area contributed by atoms with Crippen LogP contribution in [0.1, 0.15) is 182 Å². The van der Waals surface area contributed by atoms with Crippen LogP contribution >= 0.6 is 56.7 Å². The molecule has 0 N–H and O–H groups in total. The van der Waals surface area contributed by atoms with Crippen LogP contribution in [-0.2, 0) is 10.8 Å². The van der Waals surface area contributed by atoms with Gasteiger partial charge >= 0.3 is 0 Å². The number of unbranched alkanes of at least 4 members (excludes halogenated alkanes) is 10. The van der Waals surface area contributed by atoms with Gasteiger partial charge in [-0.1, -0.05) is 126 Å². The van der Waals surface area contributed by atoms with Gasteiger partial charge in [-0.3, -0.25) is 14.5 Å². The van der Waals surface area contributed by atoms with Crippen LogP contribution in [0.4, 0.5) is 0 Å². The van der Waals surface area contributed by atoms with Crippen molar-refractivity contribution in [3.8, 4) is 29.3 Å². The smallest absolute Gasteiger partial charge is 0.263 e. The van der Waals surface area contributed by atoms with Gasteiger partial charge in [0, 0.05) is 41.8 Å². The molecule has 57 heavy (non-hydrogen) atoms. The van der Waals surface area contributed by atoms with E-state index in [4.69, 9.17) is 0 Å². The molecule has 6 aromatic rings. The summed E-state index contributed by atoms with van der Waals surface area (Å²) < 4.78 is 5.45. The van der Waals surface area contributed by atoms with Crippen LogP contribution in [0.15, 0.2) is 36.4 Å². The lowest BCUT2D eigenvalue weighted by atomic mass is 9.95. The minimum Gasteiger partial charge on any atom is -0.336 e. The van der Waals surface area contributed by atoms with Crippen molar-refractivity contribution >= 4 is 88.9 Å². The molecule has 1 unspecified atom stereocenters. The van der Waals surface area contributed by atoms with Crippen molar-refractivity contribution in [2.45, 2.75) is 163 Å². The van der Waals surface area contributed by atoms with Crippen LogP contribution in [-0.4, -0.2) is 27.8 Å². The summed E-state index contributed by atoms with van der Waals surface area (Å²) in [6.07, 6.45) is 15.8. The van der Waals surface area contributed by atoms with E-state index in [0.29, 0.717) is 23.7 Å². The van der Waals surface area contributed by atoms with Gasteiger partial charge in [-0.15, -0.1) is 56.7 Å². The third kappa shape index (κ3) is 8.71. The van der Waals surface area contributed by atoms with Crippen LogP contribution < -0.4 is 0 Å². The Morgan fingerprint density at radius 3 is 1.68 bits per heavy atom. The normalized spacial score (nSPS) is 14.3. The fourth-order valence-electron chi connectivity index (χ4n) is 8.15. The van der Waals surface area contributed by atoms with E-state index in [1.165, 1.54) is 104 Å². The van der Waals surface area contributed by atoms with Gasteiger partial charge in [-0.05, 0) is 67.0 Å². The number of thiophene rings is 5. The Kier molecular flexibility index (Phi) is 13.1. The molecule has 0 aliphatic carbocycles. The van der Waals surface area contributed by atoms with Crippen molar-refractivity contribution in [3.63, 3.8) is 0 Å². The Labute approximate surface area is 361 Å². The maximum Gasteiger partial charge on any atom is 0.263 e. The summed E-state index contributed by atoms with van der Waals surface area (Å²) in [5.74, 6) is -0.233. The molecule has 1 aliphatic rings. The third-order valence-electron chi connectivity index (χ3n) is 11.5. The Balaban J connectivity index is 1.23. The largest absolute Gasteiger partial charge is 0.336 e. The zero-order valence-corrected chi connectivity index (χ0v) is 39.8. The number of hydrogen-bond acceptors (Lipinski definition) is 7. The SMILES string of the molecule is CCCCCCCCC(C)n1c2cc(-c3ccc(-c4sc(-c5ccc(C(C)(C)C)s5)c5c4C(=O)N(CCCCCCCC)C5=O)s3)sc2c2sc(C(C)(C)C)cc21. The van der Waals surface area contributed by atoms with Crippen molar-refractivity contribution in [2.75, 3.05) is 6.54 Å².